The highest BCUT2D eigenvalue weighted by Gasteiger charge is 2.31. The van der Waals surface area contributed by atoms with Gasteiger partial charge in [0.05, 0.1) is 23.2 Å². The second-order valence-electron chi connectivity index (χ2n) is 7.32. The molecule has 1 atom stereocenters. The fourth-order valence-electron chi connectivity index (χ4n) is 3.78. The summed E-state index contributed by atoms with van der Waals surface area (Å²) in [5.41, 5.74) is -1.32. The summed E-state index contributed by atoms with van der Waals surface area (Å²) in [7, 11) is 4.22. The predicted octanol–water partition coefficient (Wildman–Crippen LogP) is 1.02. The van der Waals surface area contributed by atoms with Gasteiger partial charge in [0.25, 0.3) is 17.0 Å². The predicted molar refractivity (Wildman–Crippen MR) is 113 cm³/mol. The molecule has 3 heterocycles. The van der Waals surface area contributed by atoms with Gasteiger partial charge < -0.3 is 9.64 Å². The number of carbonyl (C=O) groups excluding carboxylic acids is 1. The Morgan fingerprint density at radius 2 is 1.77 bits per heavy atom. The first-order valence-corrected chi connectivity index (χ1v) is 9.57. The molecule has 2 aromatic heterocycles. The molecule has 30 heavy (non-hydrogen) atoms. The zero-order valence-electron chi connectivity index (χ0n) is 16.8. The van der Waals surface area contributed by atoms with Gasteiger partial charge in [0, 0.05) is 32.2 Å². The smallest absolute Gasteiger partial charge is 0.332 e. The molecule has 9 nitrogen and oxygen atoms in total. The van der Waals surface area contributed by atoms with Crippen LogP contribution in [0.1, 0.15) is 17.3 Å². The molecule has 0 aliphatic carbocycles. The van der Waals surface area contributed by atoms with Crippen molar-refractivity contribution in [2.45, 2.75) is 13.0 Å². The van der Waals surface area contributed by atoms with E-state index in [0.717, 1.165) is 10.6 Å². The van der Waals surface area contributed by atoms with Crippen molar-refractivity contribution >= 4 is 34.2 Å². The number of nitrogens with zero attached hydrogens (tertiary/aromatic N) is 4. The Morgan fingerprint density at radius 1 is 1.07 bits per heavy atom. The quantitative estimate of drug-likeness (QED) is 0.574. The van der Waals surface area contributed by atoms with Crippen LogP contribution in [0.4, 0.5) is 5.69 Å². The normalized spacial score (nSPS) is 15.8. The Morgan fingerprint density at radius 3 is 2.47 bits per heavy atom. The summed E-state index contributed by atoms with van der Waals surface area (Å²) in [6.45, 7) is 2.01. The average Bonchev–Trinajstić information content (AvgIpc) is 2.71. The van der Waals surface area contributed by atoms with E-state index >= 15 is 0 Å². The van der Waals surface area contributed by atoms with E-state index in [2.05, 4.69) is 0 Å². The van der Waals surface area contributed by atoms with Crippen LogP contribution in [-0.4, -0.2) is 32.3 Å². The van der Waals surface area contributed by atoms with E-state index in [1.165, 1.54) is 35.2 Å². The van der Waals surface area contributed by atoms with Gasteiger partial charge in [0.15, 0.2) is 0 Å². The lowest BCUT2D eigenvalue weighted by Crippen LogP contribution is -2.44. The number of hydrogen-bond donors (Lipinski definition) is 0. The van der Waals surface area contributed by atoms with Gasteiger partial charge in [-0.3, -0.25) is 28.1 Å². The number of anilines is 1. The second-order valence-corrected chi connectivity index (χ2v) is 7.75. The number of carbonyl (C=O) groups is 1. The molecule has 0 saturated carbocycles. The lowest BCUT2D eigenvalue weighted by molar-refractivity contribution is 0.0962. The van der Waals surface area contributed by atoms with Crippen LogP contribution in [0.2, 0.25) is 5.02 Å². The van der Waals surface area contributed by atoms with Crippen LogP contribution in [0.25, 0.3) is 11.0 Å². The van der Waals surface area contributed by atoms with Crippen molar-refractivity contribution in [2.75, 3.05) is 11.4 Å². The molecule has 0 saturated heterocycles. The monoisotopic (exact) mass is 430 g/mol. The summed E-state index contributed by atoms with van der Waals surface area (Å²) in [5, 5.41) is 0.409. The fourth-order valence-corrected chi connectivity index (χ4v) is 3.94. The van der Waals surface area contributed by atoms with E-state index in [1.54, 1.807) is 18.2 Å². The average molecular weight is 431 g/mol. The van der Waals surface area contributed by atoms with Crippen LogP contribution >= 0.6 is 11.6 Å². The number of ether oxygens (including phenoxy) is 1. The molecule has 1 aromatic carbocycles. The van der Waals surface area contributed by atoms with Crippen molar-refractivity contribution in [1.29, 1.82) is 0 Å². The van der Waals surface area contributed by atoms with Gasteiger partial charge in [-0.05, 0) is 25.1 Å². The number of aryl methyl sites for hydroxylation is 2. The zero-order valence-corrected chi connectivity index (χ0v) is 17.6. The number of amides is 1. The molecule has 0 fully saturated rings. The molecule has 1 aliphatic rings. The first-order chi connectivity index (χ1) is 14.1. The number of fused-ring (bicyclic) bond motifs is 2. The second kappa shape index (κ2) is 6.88. The van der Waals surface area contributed by atoms with Crippen LogP contribution in [0.3, 0.4) is 0 Å². The third-order valence-electron chi connectivity index (χ3n) is 5.27. The van der Waals surface area contributed by atoms with Crippen molar-refractivity contribution in [3.63, 3.8) is 0 Å². The molecule has 10 heteroatoms. The Kier molecular flexibility index (Phi) is 4.58. The highest BCUT2D eigenvalue weighted by Crippen LogP contribution is 2.36. The number of aromatic nitrogens is 3. The van der Waals surface area contributed by atoms with Gasteiger partial charge in [-0.1, -0.05) is 11.6 Å². The van der Waals surface area contributed by atoms with Gasteiger partial charge in [-0.15, -0.1) is 0 Å². The van der Waals surface area contributed by atoms with Gasteiger partial charge in [0.2, 0.25) is 0 Å². The Labute approximate surface area is 175 Å². The molecular formula is C20H19ClN4O5. The van der Waals surface area contributed by atoms with Crippen molar-refractivity contribution < 1.29 is 9.53 Å². The fraction of sp³-hybridized carbons (Fsp3) is 0.300. The molecule has 3 aromatic rings. The molecular weight excluding hydrogens is 412 g/mol. The number of pyridine rings is 1. The van der Waals surface area contributed by atoms with E-state index < -0.39 is 22.7 Å². The summed E-state index contributed by atoms with van der Waals surface area (Å²) in [4.78, 5) is 53.0. The van der Waals surface area contributed by atoms with Crippen molar-refractivity contribution in [2.24, 2.45) is 21.1 Å². The minimum Gasteiger partial charge on any atom is -0.487 e. The van der Waals surface area contributed by atoms with E-state index in [4.69, 9.17) is 16.3 Å². The van der Waals surface area contributed by atoms with Crippen LogP contribution in [0.15, 0.2) is 38.6 Å². The van der Waals surface area contributed by atoms with Crippen LogP contribution < -0.4 is 26.4 Å². The topological polar surface area (TPSA) is 95.5 Å². The first kappa shape index (κ1) is 20.0. The van der Waals surface area contributed by atoms with Crippen LogP contribution in [-0.2, 0) is 21.1 Å². The molecule has 1 aliphatic heterocycles. The maximum absolute atomic E-state index is 13.6. The summed E-state index contributed by atoms with van der Waals surface area (Å²) in [5.74, 6) is -0.0768. The van der Waals surface area contributed by atoms with Crippen LogP contribution in [0.5, 0.6) is 5.75 Å². The van der Waals surface area contributed by atoms with E-state index in [-0.39, 0.29) is 29.2 Å². The minimum absolute atomic E-state index is 0.00516. The summed E-state index contributed by atoms with van der Waals surface area (Å²) in [6.07, 6.45) is -0.312. The summed E-state index contributed by atoms with van der Waals surface area (Å²) in [6, 6.07) is 6.04. The number of hydrogen-bond acceptors (Lipinski definition) is 5. The molecule has 0 spiro atoms. The molecule has 4 rings (SSSR count). The molecule has 1 amide bonds. The number of rotatable bonds is 1. The third kappa shape index (κ3) is 2.85. The maximum Gasteiger partial charge on any atom is 0.332 e. The largest absolute Gasteiger partial charge is 0.487 e. The molecule has 0 bridgehead atoms. The highest BCUT2D eigenvalue weighted by atomic mass is 35.5. The lowest BCUT2D eigenvalue weighted by atomic mass is 10.1. The standard InChI is InChI=1S/C20H19ClN4O5/c1-10-9-25(13-7-11(21)5-6-14(13)30-10)18(27)12-8-15(26)22(2)17-16(12)19(28)24(4)20(29)23(17)3/h5-8,10H,9H2,1-4H3. The minimum atomic E-state index is -0.653. The SMILES string of the molecule is CC1CN(C(=O)c2cc(=O)n(C)c3c2c(=O)n(C)c(=O)n3C)c2cc(Cl)ccc2O1. The van der Waals surface area contributed by atoms with Gasteiger partial charge in [-0.2, -0.15) is 0 Å². The highest BCUT2D eigenvalue weighted by molar-refractivity contribution is 6.31. The van der Waals surface area contributed by atoms with Crippen molar-refractivity contribution in [1.82, 2.24) is 13.7 Å². The van der Waals surface area contributed by atoms with E-state index in [0.29, 0.717) is 16.5 Å². The molecule has 0 radical (unpaired) electrons. The zero-order chi connectivity index (χ0) is 21.9. The number of benzene rings is 1. The van der Waals surface area contributed by atoms with Crippen molar-refractivity contribution in [3.8, 4) is 5.75 Å². The van der Waals surface area contributed by atoms with Gasteiger partial charge >= 0.3 is 5.69 Å². The van der Waals surface area contributed by atoms with Gasteiger partial charge in [-0.25, -0.2) is 4.79 Å². The summed E-state index contributed by atoms with van der Waals surface area (Å²) < 4.78 is 9.06. The Balaban J connectivity index is 2.04. The third-order valence-corrected chi connectivity index (χ3v) is 5.51. The van der Waals surface area contributed by atoms with Gasteiger partial charge in [0.1, 0.15) is 17.5 Å². The van der Waals surface area contributed by atoms with E-state index in [1.807, 2.05) is 6.92 Å². The Hall–Kier alpha value is -3.33. The molecule has 1 unspecified atom stereocenters. The van der Waals surface area contributed by atoms with Crippen molar-refractivity contribution in [3.05, 3.63) is 66.0 Å². The molecule has 0 N–H and O–H groups in total. The number of halogens is 1. The molecule has 156 valence electrons. The Bertz CT molecular complexity index is 1400. The lowest BCUT2D eigenvalue weighted by Gasteiger charge is -2.33. The maximum atomic E-state index is 13.6. The summed E-state index contributed by atoms with van der Waals surface area (Å²) >= 11 is 6.12. The van der Waals surface area contributed by atoms with Crippen LogP contribution in [0, 0.1) is 0 Å². The van der Waals surface area contributed by atoms with E-state index in [9.17, 15) is 19.2 Å². The first-order valence-electron chi connectivity index (χ1n) is 9.19.